The van der Waals surface area contributed by atoms with Gasteiger partial charge in [-0.15, -0.1) is 0 Å². The van der Waals surface area contributed by atoms with Gasteiger partial charge in [0.25, 0.3) is 0 Å². The normalized spacial score (nSPS) is 18.5. The fourth-order valence-electron chi connectivity index (χ4n) is 2.98. The topological polar surface area (TPSA) is 39.1 Å². The summed E-state index contributed by atoms with van der Waals surface area (Å²) in [5, 5.41) is 3.61. The molecule has 1 saturated carbocycles. The molecule has 0 amide bonds. The van der Waals surface area contributed by atoms with Crippen molar-refractivity contribution in [3.63, 3.8) is 0 Å². The highest BCUT2D eigenvalue weighted by atomic mass is 16.5. The van der Waals surface area contributed by atoms with Crippen LogP contribution in [0.1, 0.15) is 44.7 Å². The van der Waals surface area contributed by atoms with Crippen LogP contribution in [0, 0.1) is 12.8 Å². The molecule has 2 rings (SSSR count). The molecule has 4 heteroatoms. The van der Waals surface area contributed by atoms with Gasteiger partial charge in [0.1, 0.15) is 0 Å². The van der Waals surface area contributed by atoms with Crippen molar-refractivity contribution in [2.24, 2.45) is 5.92 Å². The monoisotopic (exact) mass is 265 g/mol. The number of nitrogens with one attached hydrogen (secondary N) is 1. The van der Waals surface area contributed by atoms with Crippen LogP contribution in [0.5, 0.6) is 0 Å². The fourth-order valence-corrected chi connectivity index (χ4v) is 2.98. The van der Waals surface area contributed by atoms with Gasteiger partial charge in [-0.1, -0.05) is 19.3 Å². The summed E-state index contributed by atoms with van der Waals surface area (Å²) in [4.78, 5) is 4.59. The number of hydrogen-bond donors (Lipinski definition) is 1. The van der Waals surface area contributed by atoms with E-state index in [9.17, 15) is 0 Å². The molecule has 108 valence electrons. The molecule has 1 aromatic heterocycles. The molecule has 4 nitrogen and oxygen atoms in total. The highest BCUT2D eigenvalue weighted by molar-refractivity contribution is 5.30. The van der Waals surface area contributed by atoms with Crippen molar-refractivity contribution >= 4 is 5.95 Å². The lowest BCUT2D eigenvalue weighted by molar-refractivity contribution is 0.187. The van der Waals surface area contributed by atoms with Gasteiger partial charge < -0.3 is 14.6 Å². The Morgan fingerprint density at radius 1 is 1.42 bits per heavy atom. The van der Waals surface area contributed by atoms with Crippen molar-refractivity contribution in [2.75, 3.05) is 19.0 Å². The molecule has 0 saturated heterocycles. The number of hydrogen-bond acceptors (Lipinski definition) is 3. The third-order valence-electron chi connectivity index (χ3n) is 4.15. The second kappa shape index (κ2) is 6.94. The van der Waals surface area contributed by atoms with Crippen molar-refractivity contribution in [1.82, 2.24) is 9.55 Å². The minimum Gasteiger partial charge on any atom is -0.383 e. The number of imidazole rings is 1. The Labute approximate surface area is 116 Å². The molecule has 1 aromatic rings. The summed E-state index contributed by atoms with van der Waals surface area (Å²) in [5.41, 5.74) is 1.06. The Morgan fingerprint density at radius 2 is 2.16 bits per heavy atom. The molecule has 1 heterocycles. The Hall–Kier alpha value is -1.03. The fraction of sp³-hybridized carbons (Fsp3) is 0.800. The quantitative estimate of drug-likeness (QED) is 0.858. The van der Waals surface area contributed by atoms with E-state index in [4.69, 9.17) is 4.74 Å². The van der Waals surface area contributed by atoms with Gasteiger partial charge in [-0.25, -0.2) is 4.98 Å². The highest BCUT2D eigenvalue weighted by Crippen LogP contribution is 2.27. The zero-order chi connectivity index (χ0) is 13.7. The van der Waals surface area contributed by atoms with E-state index in [-0.39, 0.29) is 0 Å². The largest absolute Gasteiger partial charge is 0.383 e. The molecule has 1 N–H and O–H groups in total. The molecule has 1 aliphatic rings. The molecule has 19 heavy (non-hydrogen) atoms. The second-order valence-corrected chi connectivity index (χ2v) is 5.72. The van der Waals surface area contributed by atoms with Gasteiger partial charge in [0.05, 0.1) is 12.3 Å². The molecule has 0 aliphatic heterocycles. The van der Waals surface area contributed by atoms with Crippen LogP contribution < -0.4 is 5.32 Å². The predicted molar refractivity (Wildman–Crippen MR) is 78.5 cm³/mol. The molecule has 0 bridgehead atoms. The smallest absolute Gasteiger partial charge is 0.203 e. The summed E-state index contributed by atoms with van der Waals surface area (Å²) in [6, 6.07) is 0.503. The lowest BCUT2D eigenvalue weighted by Gasteiger charge is -2.28. The van der Waals surface area contributed by atoms with Crippen LogP contribution in [0.25, 0.3) is 0 Å². The first-order chi connectivity index (χ1) is 9.20. The number of nitrogens with zero attached hydrogens (tertiary/aromatic N) is 2. The van der Waals surface area contributed by atoms with Crippen molar-refractivity contribution in [1.29, 1.82) is 0 Å². The molecule has 0 radical (unpaired) electrons. The predicted octanol–water partition coefficient (Wildman–Crippen LogP) is 3.22. The number of ether oxygens (including phenoxy) is 1. The van der Waals surface area contributed by atoms with Crippen molar-refractivity contribution < 1.29 is 4.74 Å². The molecule has 1 atom stereocenters. The van der Waals surface area contributed by atoms with Crippen LogP contribution in [0.15, 0.2) is 6.20 Å². The SMILES string of the molecule is COCCn1cc(C)nc1NC(C)C1CCCCC1. The molecule has 1 aliphatic carbocycles. The summed E-state index contributed by atoms with van der Waals surface area (Å²) in [7, 11) is 1.74. The maximum atomic E-state index is 5.15. The summed E-state index contributed by atoms with van der Waals surface area (Å²) >= 11 is 0. The molecule has 1 unspecified atom stereocenters. The van der Waals surface area contributed by atoms with Gasteiger partial charge in [0, 0.05) is 25.9 Å². The lowest BCUT2D eigenvalue weighted by Crippen LogP contribution is -2.29. The minimum atomic E-state index is 0.503. The van der Waals surface area contributed by atoms with E-state index in [0.29, 0.717) is 6.04 Å². The zero-order valence-corrected chi connectivity index (χ0v) is 12.5. The third-order valence-corrected chi connectivity index (χ3v) is 4.15. The van der Waals surface area contributed by atoms with Gasteiger partial charge in [0.2, 0.25) is 5.95 Å². The number of methoxy groups -OCH3 is 1. The first-order valence-electron chi connectivity index (χ1n) is 7.50. The third kappa shape index (κ3) is 3.96. The number of aryl methyl sites for hydroxylation is 1. The summed E-state index contributed by atoms with van der Waals surface area (Å²) in [6.07, 6.45) is 8.97. The number of rotatable bonds is 6. The Balaban J connectivity index is 1.96. The molecular formula is C15H27N3O. The van der Waals surface area contributed by atoms with Crippen LogP contribution in [0.4, 0.5) is 5.95 Å². The average molecular weight is 265 g/mol. The van der Waals surface area contributed by atoms with E-state index in [2.05, 4.69) is 28.0 Å². The van der Waals surface area contributed by atoms with Gasteiger partial charge >= 0.3 is 0 Å². The number of aromatic nitrogens is 2. The summed E-state index contributed by atoms with van der Waals surface area (Å²) in [5.74, 6) is 1.79. The molecule has 0 spiro atoms. The average Bonchev–Trinajstić information content (AvgIpc) is 2.77. The van der Waals surface area contributed by atoms with Crippen LogP contribution in [0.3, 0.4) is 0 Å². The van der Waals surface area contributed by atoms with Crippen LogP contribution in [-0.4, -0.2) is 29.3 Å². The maximum absolute atomic E-state index is 5.15. The maximum Gasteiger partial charge on any atom is 0.203 e. The zero-order valence-electron chi connectivity index (χ0n) is 12.5. The van der Waals surface area contributed by atoms with Crippen LogP contribution in [0.2, 0.25) is 0 Å². The molecule has 1 fully saturated rings. The van der Waals surface area contributed by atoms with Gasteiger partial charge in [-0.05, 0) is 32.6 Å². The van der Waals surface area contributed by atoms with E-state index >= 15 is 0 Å². The first-order valence-corrected chi connectivity index (χ1v) is 7.50. The lowest BCUT2D eigenvalue weighted by atomic mass is 9.85. The van der Waals surface area contributed by atoms with Crippen LogP contribution >= 0.6 is 0 Å². The van der Waals surface area contributed by atoms with Gasteiger partial charge in [-0.3, -0.25) is 0 Å². The minimum absolute atomic E-state index is 0.503. The molecule has 0 aromatic carbocycles. The van der Waals surface area contributed by atoms with Gasteiger partial charge in [-0.2, -0.15) is 0 Å². The Morgan fingerprint density at radius 3 is 2.84 bits per heavy atom. The van der Waals surface area contributed by atoms with E-state index in [1.165, 1.54) is 32.1 Å². The van der Waals surface area contributed by atoms with Crippen molar-refractivity contribution in [3.8, 4) is 0 Å². The highest BCUT2D eigenvalue weighted by Gasteiger charge is 2.21. The van der Waals surface area contributed by atoms with Gasteiger partial charge in [0.15, 0.2) is 0 Å². The summed E-state index contributed by atoms with van der Waals surface area (Å²) < 4.78 is 7.32. The van der Waals surface area contributed by atoms with Crippen LogP contribution in [-0.2, 0) is 11.3 Å². The molecular weight excluding hydrogens is 238 g/mol. The Kier molecular flexibility index (Phi) is 5.25. The first kappa shape index (κ1) is 14.4. The van der Waals surface area contributed by atoms with E-state index in [0.717, 1.165) is 30.7 Å². The van der Waals surface area contributed by atoms with E-state index < -0.39 is 0 Å². The van der Waals surface area contributed by atoms with E-state index in [1.54, 1.807) is 7.11 Å². The van der Waals surface area contributed by atoms with Crippen molar-refractivity contribution in [2.45, 2.75) is 58.5 Å². The van der Waals surface area contributed by atoms with E-state index in [1.807, 2.05) is 6.92 Å². The Bertz CT molecular complexity index is 383. The second-order valence-electron chi connectivity index (χ2n) is 5.72. The standard InChI is InChI=1S/C15H27N3O/c1-12-11-18(9-10-19-3)15(16-12)17-13(2)14-7-5-4-6-8-14/h11,13-14H,4-10H2,1-3H3,(H,16,17). The number of anilines is 1. The van der Waals surface area contributed by atoms with Crippen molar-refractivity contribution in [3.05, 3.63) is 11.9 Å². The summed E-state index contributed by atoms with van der Waals surface area (Å²) in [6.45, 7) is 5.92.